The number of carbonyl (C=O) groups is 1. The summed E-state index contributed by atoms with van der Waals surface area (Å²) in [7, 11) is 0. The Morgan fingerprint density at radius 2 is 2.23 bits per heavy atom. The van der Waals surface area contributed by atoms with Gasteiger partial charge in [-0.25, -0.2) is 9.97 Å². The lowest BCUT2D eigenvalue weighted by Gasteiger charge is -2.32. The van der Waals surface area contributed by atoms with Crippen molar-refractivity contribution in [2.75, 3.05) is 18.0 Å². The second-order valence-electron chi connectivity index (χ2n) is 5.79. The number of hydrogen-bond acceptors (Lipinski definition) is 4. The molecule has 22 heavy (non-hydrogen) atoms. The van der Waals surface area contributed by atoms with Crippen LogP contribution >= 0.6 is 0 Å². The van der Waals surface area contributed by atoms with Crippen molar-refractivity contribution in [3.8, 4) is 0 Å². The van der Waals surface area contributed by atoms with Gasteiger partial charge < -0.3 is 15.6 Å². The van der Waals surface area contributed by atoms with Crippen LogP contribution < -0.4 is 10.6 Å². The van der Waals surface area contributed by atoms with Gasteiger partial charge in [0.25, 0.3) is 0 Å². The highest BCUT2D eigenvalue weighted by Crippen LogP contribution is 2.33. The standard InChI is InChI=1S/C16H17N5O/c17-15(22)10-3-2-6-21(9-10)13-8-20-16-14(13)11-4-1-5-18-12(11)7-19-16/h1,4-5,7-8,10,18H,2-3,6,9H2,(H2,17,22). The van der Waals surface area contributed by atoms with E-state index in [1.165, 1.54) is 0 Å². The summed E-state index contributed by atoms with van der Waals surface area (Å²) >= 11 is 0. The molecule has 1 fully saturated rings. The maximum Gasteiger partial charge on any atom is 0.222 e. The predicted octanol–water partition coefficient (Wildman–Crippen LogP) is 1.81. The number of H-pyrrole nitrogens is 1. The summed E-state index contributed by atoms with van der Waals surface area (Å²) in [6, 6.07) is 4.04. The SMILES string of the molecule is NC(=O)C1CCCN(c2cnc3ncc4[nH]cccc4c23)C1. The van der Waals surface area contributed by atoms with Crippen LogP contribution in [0.25, 0.3) is 21.9 Å². The van der Waals surface area contributed by atoms with Gasteiger partial charge in [-0.1, -0.05) is 6.07 Å². The van der Waals surface area contributed by atoms with Crippen LogP contribution in [0.3, 0.4) is 0 Å². The first kappa shape index (κ1) is 13.1. The highest BCUT2D eigenvalue weighted by Gasteiger charge is 2.26. The first-order chi connectivity index (χ1) is 10.7. The Hall–Kier alpha value is -2.63. The minimum Gasteiger partial charge on any atom is -0.369 e. The lowest BCUT2D eigenvalue weighted by molar-refractivity contribution is -0.122. The molecule has 3 N–H and O–H groups in total. The van der Waals surface area contributed by atoms with Crippen molar-refractivity contribution in [3.05, 3.63) is 30.7 Å². The van der Waals surface area contributed by atoms with Crippen molar-refractivity contribution in [2.45, 2.75) is 12.8 Å². The average Bonchev–Trinajstić information content (AvgIpc) is 2.99. The van der Waals surface area contributed by atoms with Crippen LogP contribution in [0.2, 0.25) is 0 Å². The zero-order chi connectivity index (χ0) is 15.1. The molecule has 1 aliphatic rings. The Labute approximate surface area is 127 Å². The van der Waals surface area contributed by atoms with Gasteiger partial charge in [0.15, 0.2) is 5.65 Å². The van der Waals surface area contributed by atoms with E-state index >= 15 is 0 Å². The molecule has 3 aromatic heterocycles. The fraction of sp³-hybridized carbons (Fsp3) is 0.312. The van der Waals surface area contributed by atoms with E-state index in [1.54, 1.807) is 6.20 Å². The fourth-order valence-electron chi connectivity index (χ4n) is 3.29. The minimum absolute atomic E-state index is 0.0896. The molecule has 4 heterocycles. The van der Waals surface area contributed by atoms with Gasteiger partial charge in [0.2, 0.25) is 5.91 Å². The van der Waals surface area contributed by atoms with E-state index in [4.69, 9.17) is 5.73 Å². The third kappa shape index (κ3) is 1.99. The topological polar surface area (TPSA) is 87.9 Å². The van der Waals surface area contributed by atoms with Crippen LogP contribution in [-0.2, 0) is 4.79 Å². The van der Waals surface area contributed by atoms with E-state index in [0.29, 0.717) is 6.54 Å². The summed E-state index contributed by atoms with van der Waals surface area (Å²) in [5, 5.41) is 2.14. The van der Waals surface area contributed by atoms with E-state index in [1.807, 2.05) is 18.5 Å². The molecule has 0 radical (unpaired) electrons. The normalized spacial score (nSPS) is 18.9. The van der Waals surface area contributed by atoms with Crippen LogP contribution in [0, 0.1) is 5.92 Å². The number of pyridine rings is 2. The monoisotopic (exact) mass is 295 g/mol. The molecule has 4 rings (SSSR count). The largest absolute Gasteiger partial charge is 0.369 e. The predicted molar refractivity (Wildman–Crippen MR) is 85.5 cm³/mol. The number of hydrogen-bond donors (Lipinski definition) is 2. The van der Waals surface area contributed by atoms with E-state index in [9.17, 15) is 4.79 Å². The molecule has 0 aromatic carbocycles. The maximum atomic E-state index is 11.5. The molecule has 1 aliphatic heterocycles. The lowest BCUT2D eigenvalue weighted by Crippen LogP contribution is -2.41. The molecule has 1 unspecified atom stereocenters. The first-order valence-corrected chi connectivity index (χ1v) is 7.49. The Bertz CT molecular complexity index is 856. The smallest absolute Gasteiger partial charge is 0.222 e. The van der Waals surface area contributed by atoms with Crippen molar-refractivity contribution in [3.63, 3.8) is 0 Å². The first-order valence-electron chi connectivity index (χ1n) is 7.49. The van der Waals surface area contributed by atoms with E-state index < -0.39 is 0 Å². The summed E-state index contributed by atoms with van der Waals surface area (Å²) in [6.45, 7) is 1.57. The number of carbonyl (C=O) groups excluding carboxylic acids is 1. The molecule has 0 saturated carbocycles. The second-order valence-corrected chi connectivity index (χ2v) is 5.79. The number of nitrogens with one attached hydrogen (secondary N) is 1. The number of fused-ring (bicyclic) bond motifs is 3. The number of amides is 1. The molecule has 6 heteroatoms. The number of aromatic nitrogens is 3. The Balaban J connectivity index is 1.85. The number of anilines is 1. The Kier molecular flexibility index (Phi) is 2.96. The Morgan fingerprint density at radius 3 is 3.09 bits per heavy atom. The summed E-state index contributed by atoms with van der Waals surface area (Å²) in [5.74, 6) is -0.307. The molecule has 112 valence electrons. The van der Waals surface area contributed by atoms with Crippen molar-refractivity contribution in [1.82, 2.24) is 15.0 Å². The van der Waals surface area contributed by atoms with Gasteiger partial charge in [-0.15, -0.1) is 0 Å². The highest BCUT2D eigenvalue weighted by molar-refractivity contribution is 6.10. The van der Waals surface area contributed by atoms with E-state index in [2.05, 4.69) is 25.9 Å². The number of rotatable bonds is 2. The minimum atomic E-state index is -0.218. The van der Waals surface area contributed by atoms with Gasteiger partial charge in [-0.05, 0) is 18.9 Å². The maximum absolute atomic E-state index is 11.5. The molecule has 0 bridgehead atoms. The van der Waals surface area contributed by atoms with E-state index in [0.717, 1.165) is 47.0 Å². The van der Waals surface area contributed by atoms with Gasteiger partial charge >= 0.3 is 0 Å². The van der Waals surface area contributed by atoms with Gasteiger partial charge in [0, 0.05) is 24.7 Å². The number of piperidine rings is 1. The second kappa shape index (κ2) is 4.98. The molecule has 0 spiro atoms. The molecule has 6 nitrogen and oxygen atoms in total. The van der Waals surface area contributed by atoms with E-state index in [-0.39, 0.29) is 11.8 Å². The summed E-state index contributed by atoms with van der Waals surface area (Å²) in [5.41, 5.74) is 8.25. The van der Waals surface area contributed by atoms with Crippen molar-refractivity contribution >= 4 is 33.5 Å². The molecule has 1 atom stereocenters. The molecular formula is C16H17N5O. The quantitative estimate of drug-likeness (QED) is 0.754. The van der Waals surface area contributed by atoms with Crippen molar-refractivity contribution in [1.29, 1.82) is 0 Å². The Morgan fingerprint density at radius 1 is 1.36 bits per heavy atom. The third-order valence-corrected chi connectivity index (χ3v) is 4.43. The fourth-order valence-corrected chi connectivity index (χ4v) is 3.29. The van der Waals surface area contributed by atoms with Crippen LogP contribution in [0.4, 0.5) is 5.69 Å². The van der Waals surface area contributed by atoms with Gasteiger partial charge in [0.1, 0.15) is 0 Å². The summed E-state index contributed by atoms with van der Waals surface area (Å²) in [4.78, 5) is 25.8. The molecule has 1 saturated heterocycles. The third-order valence-electron chi connectivity index (χ3n) is 4.43. The van der Waals surface area contributed by atoms with Crippen LogP contribution in [0.1, 0.15) is 12.8 Å². The number of primary amides is 1. The average molecular weight is 295 g/mol. The number of nitrogens with two attached hydrogens (primary N) is 1. The van der Waals surface area contributed by atoms with Gasteiger partial charge in [0.05, 0.1) is 34.9 Å². The zero-order valence-electron chi connectivity index (χ0n) is 12.1. The lowest BCUT2D eigenvalue weighted by atomic mass is 9.97. The number of aromatic amines is 1. The zero-order valence-corrected chi connectivity index (χ0v) is 12.1. The molecular weight excluding hydrogens is 278 g/mol. The highest BCUT2D eigenvalue weighted by atomic mass is 16.1. The van der Waals surface area contributed by atoms with Gasteiger partial charge in [-0.2, -0.15) is 0 Å². The molecule has 1 amide bonds. The van der Waals surface area contributed by atoms with Crippen LogP contribution in [0.15, 0.2) is 30.7 Å². The van der Waals surface area contributed by atoms with Crippen LogP contribution in [-0.4, -0.2) is 33.9 Å². The van der Waals surface area contributed by atoms with Gasteiger partial charge in [-0.3, -0.25) is 4.79 Å². The molecule has 3 aromatic rings. The summed E-state index contributed by atoms with van der Waals surface area (Å²) in [6.07, 6.45) is 7.37. The van der Waals surface area contributed by atoms with Crippen molar-refractivity contribution < 1.29 is 4.79 Å². The molecule has 0 aliphatic carbocycles. The summed E-state index contributed by atoms with van der Waals surface area (Å²) < 4.78 is 0. The van der Waals surface area contributed by atoms with Crippen LogP contribution in [0.5, 0.6) is 0 Å². The van der Waals surface area contributed by atoms with Crippen molar-refractivity contribution in [2.24, 2.45) is 11.7 Å². The number of nitrogens with zero attached hydrogens (tertiary/aromatic N) is 3.